The second kappa shape index (κ2) is 7.62. The molecule has 0 aromatic rings. The van der Waals surface area contributed by atoms with Crippen LogP contribution < -0.4 is 16.9 Å². The van der Waals surface area contributed by atoms with E-state index in [0.29, 0.717) is 12.4 Å². The third-order valence-electron chi connectivity index (χ3n) is 2.12. The van der Waals surface area contributed by atoms with Crippen LogP contribution in [0.2, 0.25) is 0 Å². The summed E-state index contributed by atoms with van der Waals surface area (Å²) in [5, 5.41) is 11.7. The zero-order valence-corrected chi connectivity index (χ0v) is 11.0. The van der Waals surface area contributed by atoms with Crippen LogP contribution >= 0.6 is 0 Å². The molecule has 0 aliphatic heterocycles. The average Bonchev–Trinajstić information content (AvgIpc) is 2.25. The SMILES string of the molecule is C/C(N)=N/NC(=N)/C(=C/C=C(\C)CN)C(C)C. The summed E-state index contributed by atoms with van der Waals surface area (Å²) in [6, 6.07) is 0. The molecule has 0 atom stereocenters. The molecule has 0 aromatic heterocycles. The Kier molecular flexibility index (Phi) is 6.89. The Morgan fingerprint density at radius 2 is 1.94 bits per heavy atom. The standard InChI is InChI=1S/C12H23N5/c1-8(2)11(6-5-9(3)7-13)12(15)17-16-10(4)14/h5-6,8H,7,13H2,1-4H3,(H2,14,16)(H2,15,17)/b9-5+,11-6+. The summed E-state index contributed by atoms with van der Waals surface area (Å²) >= 11 is 0. The van der Waals surface area contributed by atoms with Crippen LogP contribution in [0.1, 0.15) is 27.7 Å². The van der Waals surface area contributed by atoms with E-state index in [1.165, 1.54) is 0 Å². The molecular formula is C12H23N5. The molecule has 0 radical (unpaired) electrons. The van der Waals surface area contributed by atoms with Gasteiger partial charge in [0.1, 0.15) is 11.7 Å². The van der Waals surface area contributed by atoms with Gasteiger partial charge in [0.05, 0.1) is 0 Å². The maximum Gasteiger partial charge on any atom is 0.142 e. The van der Waals surface area contributed by atoms with E-state index in [9.17, 15) is 0 Å². The van der Waals surface area contributed by atoms with Crippen molar-refractivity contribution in [1.82, 2.24) is 5.43 Å². The fourth-order valence-corrected chi connectivity index (χ4v) is 1.07. The Labute approximate surface area is 103 Å². The van der Waals surface area contributed by atoms with Crippen molar-refractivity contribution in [1.29, 1.82) is 5.41 Å². The number of nitrogens with two attached hydrogens (primary N) is 2. The van der Waals surface area contributed by atoms with Crippen LogP contribution in [-0.2, 0) is 0 Å². The summed E-state index contributed by atoms with van der Waals surface area (Å²) in [4.78, 5) is 0. The van der Waals surface area contributed by atoms with Crippen LogP contribution in [0.5, 0.6) is 0 Å². The van der Waals surface area contributed by atoms with Gasteiger partial charge in [0.2, 0.25) is 0 Å². The van der Waals surface area contributed by atoms with Gasteiger partial charge in [-0.1, -0.05) is 31.6 Å². The largest absolute Gasteiger partial charge is 0.386 e. The van der Waals surface area contributed by atoms with E-state index in [4.69, 9.17) is 16.9 Å². The van der Waals surface area contributed by atoms with Gasteiger partial charge in [0.25, 0.3) is 0 Å². The minimum Gasteiger partial charge on any atom is -0.386 e. The van der Waals surface area contributed by atoms with E-state index in [-0.39, 0.29) is 11.8 Å². The van der Waals surface area contributed by atoms with E-state index >= 15 is 0 Å². The molecular weight excluding hydrogens is 214 g/mol. The first-order chi connectivity index (χ1) is 7.88. The molecule has 0 aliphatic carbocycles. The molecule has 6 N–H and O–H groups in total. The molecule has 0 aromatic carbocycles. The number of hydrogen-bond acceptors (Lipinski definition) is 3. The molecule has 0 fully saturated rings. The molecule has 5 heteroatoms. The number of rotatable bonds is 5. The van der Waals surface area contributed by atoms with E-state index in [2.05, 4.69) is 10.5 Å². The summed E-state index contributed by atoms with van der Waals surface area (Å²) < 4.78 is 0. The van der Waals surface area contributed by atoms with Crippen molar-refractivity contribution in [3.8, 4) is 0 Å². The molecule has 0 saturated heterocycles. The highest BCUT2D eigenvalue weighted by Gasteiger charge is 2.08. The zero-order chi connectivity index (χ0) is 13.4. The second-order valence-electron chi connectivity index (χ2n) is 4.23. The second-order valence-corrected chi connectivity index (χ2v) is 4.23. The fourth-order valence-electron chi connectivity index (χ4n) is 1.07. The first-order valence-electron chi connectivity index (χ1n) is 5.60. The van der Waals surface area contributed by atoms with Crippen LogP contribution in [0.15, 0.2) is 28.4 Å². The Hall–Kier alpha value is -1.62. The lowest BCUT2D eigenvalue weighted by Crippen LogP contribution is -2.24. The van der Waals surface area contributed by atoms with Gasteiger partial charge in [0, 0.05) is 6.54 Å². The van der Waals surface area contributed by atoms with E-state index in [0.717, 1.165) is 11.1 Å². The molecule has 0 amide bonds. The quantitative estimate of drug-likeness (QED) is 0.251. The van der Waals surface area contributed by atoms with Gasteiger partial charge in [-0.25, -0.2) is 0 Å². The first kappa shape index (κ1) is 15.4. The maximum atomic E-state index is 7.87. The molecule has 0 heterocycles. The maximum absolute atomic E-state index is 7.87. The number of allylic oxidation sites excluding steroid dienone is 2. The molecule has 0 unspecified atom stereocenters. The summed E-state index contributed by atoms with van der Waals surface area (Å²) in [7, 11) is 0. The van der Waals surface area contributed by atoms with E-state index in [1.807, 2.05) is 32.9 Å². The van der Waals surface area contributed by atoms with Crippen molar-refractivity contribution >= 4 is 11.7 Å². The monoisotopic (exact) mass is 237 g/mol. The topological polar surface area (TPSA) is 100 Å². The highest BCUT2D eigenvalue weighted by molar-refractivity contribution is 5.97. The summed E-state index contributed by atoms with van der Waals surface area (Å²) in [5.74, 6) is 0.877. The predicted octanol–water partition coefficient (Wildman–Crippen LogP) is 1.33. The minimum absolute atomic E-state index is 0.227. The first-order valence-corrected chi connectivity index (χ1v) is 5.60. The normalized spacial score (nSPS) is 14.1. The molecule has 5 nitrogen and oxygen atoms in total. The minimum atomic E-state index is 0.227. The van der Waals surface area contributed by atoms with Crippen LogP contribution in [0.25, 0.3) is 0 Å². The van der Waals surface area contributed by atoms with Crippen LogP contribution in [-0.4, -0.2) is 18.2 Å². The molecule has 0 saturated carbocycles. The van der Waals surface area contributed by atoms with Gasteiger partial charge in [-0.05, 0) is 25.3 Å². The van der Waals surface area contributed by atoms with Crippen molar-refractivity contribution in [3.63, 3.8) is 0 Å². The summed E-state index contributed by atoms with van der Waals surface area (Å²) in [6.07, 6.45) is 3.81. The smallest absolute Gasteiger partial charge is 0.142 e. The van der Waals surface area contributed by atoms with Gasteiger partial charge in [-0.15, -0.1) is 0 Å². The highest BCUT2D eigenvalue weighted by atomic mass is 15.3. The third kappa shape index (κ3) is 6.52. The lowest BCUT2D eigenvalue weighted by molar-refractivity contribution is 0.787. The summed E-state index contributed by atoms with van der Waals surface area (Å²) in [5.41, 5.74) is 15.5. The van der Waals surface area contributed by atoms with Gasteiger partial charge in [0.15, 0.2) is 0 Å². The van der Waals surface area contributed by atoms with E-state index < -0.39 is 0 Å². The number of hydrogen-bond donors (Lipinski definition) is 4. The van der Waals surface area contributed by atoms with Crippen molar-refractivity contribution in [2.45, 2.75) is 27.7 Å². The van der Waals surface area contributed by atoms with Crippen molar-refractivity contribution < 1.29 is 0 Å². The Bertz CT molecular complexity index is 346. The summed E-state index contributed by atoms with van der Waals surface area (Å²) in [6.45, 7) is 8.17. The third-order valence-corrected chi connectivity index (χ3v) is 2.12. The molecule has 0 bridgehead atoms. The predicted molar refractivity (Wildman–Crippen MR) is 73.9 cm³/mol. The van der Waals surface area contributed by atoms with Gasteiger partial charge < -0.3 is 11.5 Å². The van der Waals surface area contributed by atoms with Gasteiger partial charge in [-0.3, -0.25) is 10.8 Å². The molecule has 96 valence electrons. The molecule has 0 aliphatic rings. The molecule has 0 spiro atoms. The van der Waals surface area contributed by atoms with Crippen LogP contribution in [0, 0.1) is 11.3 Å². The van der Waals surface area contributed by atoms with E-state index in [1.54, 1.807) is 6.92 Å². The number of amidine groups is 2. The van der Waals surface area contributed by atoms with Crippen molar-refractivity contribution in [2.75, 3.05) is 6.54 Å². The number of hydrazone groups is 1. The van der Waals surface area contributed by atoms with Crippen LogP contribution in [0.3, 0.4) is 0 Å². The van der Waals surface area contributed by atoms with Crippen molar-refractivity contribution in [2.24, 2.45) is 22.5 Å². The molecule has 0 rings (SSSR count). The Morgan fingerprint density at radius 3 is 2.35 bits per heavy atom. The van der Waals surface area contributed by atoms with Crippen LogP contribution in [0.4, 0.5) is 0 Å². The Balaban J connectivity index is 4.87. The number of nitrogens with zero attached hydrogens (tertiary/aromatic N) is 1. The number of nitrogens with one attached hydrogen (secondary N) is 2. The van der Waals surface area contributed by atoms with Gasteiger partial charge in [-0.2, -0.15) is 5.10 Å². The zero-order valence-electron chi connectivity index (χ0n) is 11.0. The average molecular weight is 237 g/mol. The fraction of sp³-hybridized carbons (Fsp3) is 0.500. The van der Waals surface area contributed by atoms with Crippen molar-refractivity contribution in [3.05, 3.63) is 23.3 Å². The molecule has 17 heavy (non-hydrogen) atoms. The lowest BCUT2D eigenvalue weighted by atomic mass is 10.0. The Morgan fingerprint density at radius 1 is 1.35 bits per heavy atom. The lowest BCUT2D eigenvalue weighted by Gasteiger charge is -2.11. The van der Waals surface area contributed by atoms with Gasteiger partial charge >= 0.3 is 0 Å². The highest BCUT2D eigenvalue weighted by Crippen LogP contribution is 2.10.